The van der Waals surface area contributed by atoms with Crippen molar-refractivity contribution in [3.8, 4) is 0 Å². The number of carbonyl (C=O) groups is 3. The van der Waals surface area contributed by atoms with Gasteiger partial charge in [0.2, 0.25) is 11.8 Å². The van der Waals surface area contributed by atoms with Crippen LogP contribution >= 0.6 is 0 Å². The lowest BCUT2D eigenvalue weighted by Gasteiger charge is -2.30. The van der Waals surface area contributed by atoms with Crippen LogP contribution in [0.25, 0.3) is 10.9 Å². The van der Waals surface area contributed by atoms with Crippen LogP contribution in [-0.4, -0.2) is 40.3 Å². The van der Waals surface area contributed by atoms with Gasteiger partial charge >= 0.3 is 6.03 Å². The maximum Gasteiger partial charge on any atom is 0.322 e. The van der Waals surface area contributed by atoms with Crippen LogP contribution in [0, 0.1) is 0 Å². The fourth-order valence-electron chi connectivity index (χ4n) is 3.52. The Hall–Kier alpha value is -2.83. The van der Waals surface area contributed by atoms with Crippen molar-refractivity contribution in [3.63, 3.8) is 0 Å². The number of hydrogen-bond donors (Lipinski definition) is 3. The van der Waals surface area contributed by atoms with Gasteiger partial charge in [0.05, 0.1) is 6.54 Å². The van der Waals surface area contributed by atoms with E-state index in [2.05, 4.69) is 21.7 Å². The maximum atomic E-state index is 12.7. The summed E-state index contributed by atoms with van der Waals surface area (Å²) < 4.78 is 0. The second-order valence-electron chi connectivity index (χ2n) is 6.25. The normalized spacial score (nSPS) is 21.0. The minimum Gasteiger partial charge on any atom is -0.357 e. The molecule has 4 amide bonds. The molecule has 0 unspecified atom stereocenters. The predicted molar refractivity (Wildman–Crippen MR) is 87.1 cm³/mol. The van der Waals surface area contributed by atoms with Gasteiger partial charge in [0, 0.05) is 29.6 Å². The van der Waals surface area contributed by atoms with E-state index >= 15 is 0 Å². The standard InChI is InChI=1S/C17H18N4O3/c22-15-6-5-13(19-17(24)20-15)16(23)21-8-7-11-10-3-1-2-4-12(10)18-14(11)9-21/h1-4,13,18H,5-9H2,(H2,19,20,22,24)/t13-/m0/s1. The molecule has 1 aromatic heterocycles. The highest BCUT2D eigenvalue weighted by atomic mass is 16.2. The molecule has 1 saturated heterocycles. The molecule has 0 bridgehead atoms. The molecule has 1 aromatic carbocycles. The Morgan fingerprint density at radius 2 is 2.00 bits per heavy atom. The molecule has 4 rings (SSSR count). The summed E-state index contributed by atoms with van der Waals surface area (Å²) in [4.78, 5) is 40.9. The lowest BCUT2D eigenvalue weighted by Crippen LogP contribution is -2.50. The van der Waals surface area contributed by atoms with Crippen molar-refractivity contribution in [2.75, 3.05) is 6.54 Å². The number of imide groups is 1. The SMILES string of the molecule is O=C1CC[C@@H](C(=O)N2CCc3c([nH]c4ccccc34)C2)NC(=O)N1. The Morgan fingerprint density at radius 3 is 2.88 bits per heavy atom. The van der Waals surface area contributed by atoms with Crippen LogP contribution in [0.3, 0.4) is 0 Å². The lowest BCUT2D eigenvalue weighted by molar-refractivity contribution is -0.134. The monoisotopic (exact) mass is 326 g/mol. The van der Waals surface area contributed by atoms with E-state index in [0.29, 0.717) is 19.5 Å². The van der Waals surface area contributed by atoms with Gasteiger partial charge in [-0.15, -0.1) is 0 Å². The summed E-state index contributed by atoms with van der Waals surface area (Å²) in [5.41, 5.74) is 3.38. The molecule has 7 nitrogen and oxygen atoms in total. The summed E-state index contributed by atoms with van der Waals surface area (Å²) in [5.74, 6) is -0.483. The largest absolute Gasteiger partial charge is 0.357 e. The molecule has 0 saturated carbocycles. The van der Waals surface area contributed by atoms with E-state index in [9.17, 15) is 14.4 Å². The van der Waals surface area contributed by atoms with Crippen LogP contribution < -0.4 is 10.6 Å². The third kappa shape index (κ3) is 2.51. The molecule has 1 atom stereocenters. The van der Waals surface area contributed by atoms with E-state index in [1.54, 1.807) is 4.90 Å². The molecule has 0 spiro atoms. The van der Waals surface area contributed by atoms with E-state index in [-0.39, 0.29) is 18.2 Å². The zero-order chi connectivity index (χ0) is 16.7. The van der Waals surface area contributed by atoms with E-state index in [1.165, 1.54) is 10.9 Å². The molecule has 3 N–H and O–H groups in total. The summed E-state index contributed by atoms with van der Waals surface area (Å²) in [6, 6.07) is 6.87. The van der Waals surface area contributed by atoms with E-state index in [0.717, 1.165) is 17.6 Å². The fourth-order valence-corrected chi connectivity index (χ4v) is 3.52. The quantitative estimate of drug-likeness (QED) is 0.731. The number of hydrogen-bond acceptors (Lipinski definition) is 3. The molecule has 3 heterocycles. The Labute approximate surface area is 138 Å². The zero-order valence-corrected chi connectivity index (χ0v) is 13.1. The number of fused-ring (bicyclic) bond motifs is 3. The van der Waals surface area contributed by atoms with Gasteiger partial charge in [-0.25, -0.2) is 4.79 Å². The van der Waals surface area contributed by atoms with Crippen molar-refractivity contribution in [3.05, 3.63) is 35.5 Å². The first kappa shape index (κ1) is 14.7. The summed E-state index contributed by atoms with van der Waals surface area (Å²) in [7, 11) is 0. The second-order valence-corrected chi connectivity index (χ2v) is 6.25. The third-order valence-electron chi connectivity index (χ3n) is 4.71. The molecule has 124 valence electrons. The Morgan fingerprint density at radius 1 is 1.17 bits per heavy atom. The van der Waals surface area contributed by atoms with Crippen LogP contribution in [0.15, 0.2) is 24.3 Å². The van der Waals surface area contributed by atoms with Gasteiger partial charge in [0.1, 0.15) is 6.04 Å². The van der Waals surface area contributed by atoms with E-state index < -0.39 is 12.1 Å². The Kier molecular flexibility index (Phi) is 3.48. The fraction of sp³-hybridized carbons (Fsp3) is 0.353. The average molecular weight is 326 g/mol. The van der Waals surface area contributed by atoms with Gasteiger partial charge < -0.3 is 15.2 Å². The van der Waals surface area contributed by atoms with Crippen LogP contribution in [0.4, 0.5) is 4.79 Å². The number of carbonyl (C=O) groups excluding carboxylic acids is 3. The van der Waals surface area contributed by atoms with Crippen molar-refractivity contribution in [2.24, 2.45) is 0 Å². The molecule has 0 radical (unpaired) electrons. The third-order valence-corrected chi connectivity index (χ3v) is 4.71. The molecule has 2 aliphatic rings. The van der Waals surface area contributed by atoms with Gasteiger partial charge in [-0.2, -0.15) is 0 Å². The number of aromatic amines is 1. The van der Waals surface area contributed by atoms with Crippen LogP contribution in [0.5, 0.6) is 0 Å². The topological polar surface area (TPSA) is 94.3 Å². The highest BCUT2D eigenvalue weighted by Crippen LogP contribution is 2.27. The summed E-state index contributed by atoms with van der Waals surface area (Å²) in [6.07, 6.45) is 1.27. The Balaban J connectivity index is 1.54. The first-order chi connectivity index (χ1) is 11.6. The second kappa shape index (κ2) is 5.67. The number of amides is 4. The number of nitrogens with zero attached hydrogens (tertiary/aromatic N) is 1. The minimum atomic E-state index is -0.651. The van der Waals surface area contributed by atoms with Crippen LogP contribution in [0.2, 0.25) is 0 Å². The summed E-state index contributed by atoms with van der Waals surface area (Å²) >= 11 is 0. The molecular weight excluding hydrogens is 308 g/mol. The van der Waals surface area contributed by atoms with Gasteiger partial charge in [-0.1, -0.05) is 18.2 Å². The van der Waals surface area contributed by atoms with E-state index in [4.69, 9.17) is 0 Å². The number of benzene rings is 1. The summed E-state index contributed by atoms with van der Waals surface area (Å²) in [6.45, 7) is 1.11. The van der Waals surface area contributed by atoms with Gasteiger partial charge in [0.25, 0.3) is 0 Å². The van der Waals surface area contributed by atoms with Crippen molar-refractivity contribution in [1.29, 1.82) is 0 Å². The zero-order valence-electron chi connectivity index (χ0n) is 13.1. The highest BCUT2D eigenvalue weighted by molar-refractivity contribution is 5.98. The molecular formula is C17H18N4O3. The molecule has 1 fully saturated rings. The van der Waals surface area contributed by atoms with Gasteiger partial charge in [0.15, 0.2) is 0 Å². The number of para-hydroxylation sites is 1. The number of H-pyrrole nitrogens is 1. The van der Waals surface area contributed by atoms with Crippen molar-refractivity contribution in [1.82, 2.24) is 20.5 Å². The number of rotatable bonds is 1. The first-order valence-corrected chi connectivity index (χ1v) is 8.09. The molecule has 2 aliphatic heterocycles. The lowest BCUT2D eigenvalue weighted by atomic mass is 10.0. The molecule has 24 heavy (non-hydrogen) atoms. The van der Waals surface area contributed by atoms with Crippen LogP contribution in [-0.2, 0) is 22.6 Å². The number of nitrogens with one attached hydrogen (secondary N) is 3. The minimum absolute atomic E-state index is 0.135. The highest BCUT2D eigenvalue weighted by Gasteiger charge is 2.32. The number of urea groups is 1. The maximum absolute atomic E-state index is 12.7. The molecule has 7 heteroatoms. The van der Waals surface area contributed by atoms with Crippen LogP contribution in [0.1, 0.15) is 24.1 Å². The van der Waals surface area contributed by atoms with Gasteiger partial charge in [-0.3, -0.25) is 14.9 Å². The molecule has 2 aromatic rings. The average Bonchev–Trinajstić information content (AvgIpc) is 2.86. The smallest absolute Gasteiger partial charge is 0.322 e. The first-order valence-electron chi connectivity index (χ1n) is 8.09. The number of aromatic nitrogens is 1. The van der Waals surface area contributed by atoms with Crippen molar-refractivity contribution in [2.45, 2.75) is 31.8 Å². The molecule has 0 aliphatic carbocycles. The van der Waals surface area contributed by atoms with Gasteiger partial charge in [-0.05, 0) is 24.5 Å². The predicted octanol–water partition coefficient (Wildman–Crippen LogP) is 1.04. The summed E-state index contributed by atoms with van der Waals surface area (Å²) in [5, 5.41) is 5.99. The van der Waals surface area contributed by atoms with Crippen molar-refractivity contribution < 1.29 is 14.4 Å². The Bertz CT molecular complexity index is 841. The van der Waals surface area contributed by atoms with E-state index in [1.807, 2.05) is 18.2 Å². The van der Waals surface area contributed by atoms with Crippen molar-refractivity contribution >= 4 is 28.7 Å².